The lowest BCUT2D eigenvalue weighted by Gasteiger charge is -2.21. The summed E-state index contributed by atoms with van der Waals surface area (Å²) in [7, 11) is 1.24. The van der Waals surface area contributed by atoms with Gasteiger partial charge < -0.3 is 25.2 Å². The van der Waals surface area contributed by atoms with Crippen LogP contribution in [0, 0.1) is 0 Å². The smallest absolute Gasteiger partial charge is 0.408 e. The molecule has 2 aromatic rings. The Morgan fingerprint density at radius 2 is 1.52 bits per heavy atom. The van der Waals surface area contributed by atoms with Gasteiger partial charge in [0.1, 0.15) is 18.7 Å². The van der Waals surface area contributed by atoms with Gasteiger partial charge in [-0.3, -0.25) is 4.79 Å². The van der Waals surface area contributed by atoms with Crippen LogP contribution < -0.4 is 10.6 Å². The maximum Gasteiger partial charge on any atom is 0.408 e. The molecule has 166 valence electrons. The van der Waals surface area contributed by atoms with E-state index in [9.17, 15) is 19.5 Å². The summed E-state index contributed by atoms with van der Waals surface area (Å²) in [5.74, 6) is -1.29. The number of methoxy groups -OCH3 is 1. The van der Waals surface area contributed by atoms with Gasteiger partial charge in [0.25, 0.3) is 0 Å². The van der Waals surface area contributed by atoms with Gasteiger partial charge in [-0.15, -0.1) is 0 Å². The summed E-state index contributed by atoms with van der Waals surface area (Å²) in [4.78, 5) is 36.5. The van der Waals surface area contributed by atoms with E-state index >= 15 is 0 Å². The van der Waals surface area contributed by atoms with Crippen LogP contribution in [0.1, 0.15) is 24.0 Å². The highest BCUT2D eigenvalue weighted by Crippen LogP contribution is 2.08. The van der Waals surface area contributed by atoms with Crippen molar-refractivity contribution < 1.29 is 29.0 Å². The number of amides is 2. The zero-order valence-corrected chi connectivity index (χ0v) is 17.5. The molecule has 2 aromatic carbocycles. The summed E-state index contributed by atoms with van der Waals surface area (Å²) in [6.07, 6.45) is 0.874. The normalized spacial score (nSPS) is 12.3. The fourth-order valence-electron chi connectivity index (χ4n) is 2.92. The average molecular weight is 428 g/mol. The van der Waals surface area contributed by atoms with Gasteiger partial charge in [0.2, 0.25) is 5.91 Å². The molecular weight excluding hydrogens is 400 g/mol. The summed E-state index contributed by atoms with van der Waals surface area (Å²) in [5, 5.41) is 14.4. The van der Waals surface area contributed by atoms with Crippen molar-refractivity contribution >= 4 is 18.0 Å². The fourth-order valence-corrected chi connectivity index (χ4v) is 2.92. The SMILES string of the molecule is COC(=O)[C@@H](CCCc1ccccc1)NC(=O)[C@H](CO)NC(=O)OCc1ccccc1. The van der Waals surface area contributed by atoms with E-state index in [1.54, 1.807) is 12.1 Å². The predicted octanol–water partition coefficient (Wildman–Crippen LogP) is 1.95. The molecule has 0 aliphatic heterocycles. The Labute approximate surface area is 181 Å². The molecule has 2 atom stereocenters. The second-order valence-corrected chi connectivity index (χ2v) is 6.90. The summed E-state index contributed by atoms with van der Waals surface area (Å²) in [5.41, 5.74) is 1.90. The van der Waals surface area contributed by atoms with Crippen LogP contribution >= 0.6 is 0 Å². The van der Waals surface area contributed by atoms with E-state index in [0.29, 0.717) is 12.8 Å². The van der Waals surface area contributed by atoms with Crippen LogP contribution in [-0.4, -0.2) is 48.9 Å². The van der Waals surface area contributed by atoms with E-state index in [1.165, 1.54) is 7.11 Å². The van der Waals surface area contributed by atoms with Crippen molar-refractivity contribution in [2.24, 2.45) is 0 Å². The average Bonchev–Trinajstić information content (AvgIpc) is 2.81. The Hall–Kier alpha value is -3.39. The highest BCUT2D eigenvalue weighted by molar-refractivity contribution is 5.89. The van der Waals surface area contributed by atoms with Crippen LogP contribution in [0.3, 0.4) is 0 Å². The van der Waals surface area contributed by atoms with Crippen molar-refractivity contribution in [2.45, 2.75) is 38.0 Å². The molecule has 0 heterocycles. The zero-order chi connectivity index (χ0) is 22.5. The van der Waals surface area contributed by atoms with Gasteiger partial charge >= 0.3 is 12.1 Å². The lowest BCUT2D eigenvalue weighted by atomic mass is 10.0. The molecule has 0 saturated heterocycles. The second-order valence-electron chi connectivity index (χ2n) is 6.90. The van der Waals surface area contributed by atoms with Gasteiger partial charge in [0.15, 0.2) is 0 Å². The third-order valence-corrected chi connectivity index (χ3v) is 4.61. The van der Waals surface area contributed by atoms with Crippen LogP contribution in [0.5, 0.6) is 0 Å². The molecule has 0 aromatic heterocycles. The quantitative estimate of drug-likeness (QED) is 0.472. The molecular formula is C23H28N2O6. The number of aliphatic hydroxyl groups excluding tert-OH is 1. The molecule has 0 saturated carbocycles. The molecule has 0 aliphatic rings. The van der Waals surface area contributed by atoms with E-state index in [0.717, 1.165) is 17.5 Å². The number of carbonyl (C=O) groups is 3. The molecule has 0 radical (unpaired) electrons. The second kappa shape index (κ2) is 13.0. The largest absolute Gasteiger partial charge is 0.467 e. The van der Waals surface area contributed by atoms with Crippen molar-refractivity contribution in [2.75, 3.05) is 13.7 Å². The monoisotopic (exact) mass is 428 g/mol. The summed E-state index contributed by atoms with van der Waals surface area (Å²) in [6.45, 7) is -0.624. The molecule has 2 amide bonds. The number of aryl methyl sites for hydroxylation is 1. The highest BCUT2D eigenvalue weighted by atomic mass is 16.5. The minimum atomic E-state index is -1.26. The third-order valence-electron chi connectivity index (χ3n) is 4.61. The molecule has 8 nitrogen and oxygen atoms in total. The number of benzene rings is 2. The Morgan fingerprint density at radius 3 is 2.10 bits per heavy atom. The molecule has 0 spiro atoms. The number of hydrogen-bond donors (Lipinski definition) is 3. The van der Waals surface area contributed by atoms with Gasteiger partial charge in [0, 0.05) is 0 Å². The lowest BCUT2D eigenvalue weighted by Crippen LogP contribution is -2.53. The Kier molecular flexibility index (Phi) is 10.0. The molecule has 0 unspecified atom stereocenters. The number of rotatable bonds is 11. The highest BCUT2D eigenvalue weighted by Gasteiger charge is 2.27. The topological polar surface area (TPSA) is 114 Å². The maximum absolute atomic E-state index is 12.5. The standard InChI is InChI=1S/C23H28N2O6/c1-30-22(28)19(14-8-13-17-9-4-2-5-10-17)24-21(27)20(15-26)25-23(29)31-16-18-11-6-3-7-12-18/h2-7,9-12,19-20,26H,8,13-16H2,1H3,(H,24,27)(H,25,29)/t19-,20+/m1/s1. The van der Waals surface area contributed by atoms with E-state index in [1.807, 2.05) is 48.5 Å². The molecule has 0 bridgehead atoms. The first-order valence-electron chi connectivity index (χ1n) is 10.0. The summed E-state index contributed by atoms with van der Waals surface area (Å²) < 4.78 is 9.84. The van der Waals surface area contributed by atoms with Gasteiger partial charge in [-0.25, -0.2) is 9.59 Å². The Bertz CT molecular complexity index is 828. The summed E-state index contributed by atoms with van der Waals surface area (Å²) >= 11 is 0. The molecule has 8 heteroatoms. The third kappa shape index (κ3) is 8.47. The van der Waals surface area contributed by atoms with Gasteiger partial charge in [-0.05, 0) is 30.4 Å². The number of ether oxygens (including phenoxy) is 2. The van der Waals surface area contributed by atoms with Gasteiger partial charge in [-0.1, -0.05) is 60.7 Å². The number of esters is 1. The number of aliphatic hydroxyl groups is 1. The van der Waals surface area contributed by atoms with Gasteiger partial charge in [0.05, 0.1) is 13.7 Å². The molecule has 0 aliphatic carbocycles. The van der Waals surface area contributed by atoms with E-state index in [-0.39, 0.29) is 6.61 Å². The van der Waals surface area contributed by atoms with Crippen molar-refractivity contribution in [3.63, 3.8) is 0 Å². The van der Waals surface area contributed by atoms with Crippen LogP contribution in [0.15, 0.2) is 60.7 Å². The van der Waals surface area contributed by atoms with Crippen LogP contribution in [0.2, 0.25) is 0 Å². The maximum atomic E-state index is 12.5. The number of alkyl carbamates (subject to hydrolysis) is 1. The number of nitrogens with one attached hydrogen (secondary N) is 2. The first-order chi connectivity index (χ1) is 15.0. The van der Waals surface area contributed by atoms with Gasteiger partial charge in [-0.2, -0.15) is 0 Å². The summed E-state index contributed by atoms with van der Waals surface area (Å²) in [6, 6.07) is 16.7. The van der Waals surface area contributed by atoms with Crippen molar-refractivity contribution in [3.05, 3.63) is 71.8 Å². The molecule has 0 fully saturated rings. The van der Waals surface area contributed by atoms with Crippen molar-refractivity contribution in [1.82, 2.24) is 10.6 Å². The van der Waals surface area contributed by atoms with Crippen molar-refractivity contribution in [1.29, 1.82) is 0 Å². The predicted molar refractivity (Wildman–Crippen MR) is 114 cm³/mol. The number of hydrogen-bond acceptors (Lipinski definition) is 6. The molecule has 2 rings (SSSR count). The fraction of sp³-hybridized carbons (Fsp3) is 0.348. The Balaban J connectivity index is 1.85. The molecule has 3 N–H and O–H groups in total. The van der Waals surface area contributed by atoms with Crippen LogP contribution in [-0.2, 0) is 32.1 Å². The van der Waals surface area contributed by atoms with E-state index < -0.39 is 36.7 Å². The van der Waals surface area contributed by atoms with Crippen LogP contribution in [0.25, 0.3) is 0 Å². The lowest BCUT2D eigenvalue weighted by molar-refractivity contribution is -0.145. The van der Waals surface area contributed by atoms with Crippen molar-refractivity contribution in [3.8, 4) is 0 Å². The first-order valence-corrected chi connectivity index (χ1v) is 10.0. The Morgan fingerprint density at radius 1 is 0.903 bits per heavy atom. The minimum absolute atomic E-state index is 0.0245. The molecule has 31 heavy (non-hydrogen) atoms. The number of carbonyl (C=O) groups excluding carboxylic acids is 3. The van der Waals surface area contributed by atoms with E-state index in [4.69, 9.17) is 9.47 Å². The minimum Gasteiger partial charge on any atom is -0.467 e. The van der Waals surface area contributed by atoms with Crippen LogP contribution in [0.4, 0.5) is 4.79 Å². The van der Waals surface area contributed by atoms with E-state index in [2.05, 4.69) is 10.6 Å². The zero-order valence-electron chi connectivity index (χ0n) is 17.5. The first kappa shape index (κ1) is 23.9.